The van der Waals surface area contributed by atoms with E-state index in [-0.39, 0.29) is 18.1 Å². The van der Waals surface area contributed by atoms with Crippen molar-refractivity contribution >= 4 is 10.2 Å². The van der Waals surface area contributed by atoms with Crippen LogP contribution in [0.3, 0.4) is 0 Å². The van der Waals surface area contributed by atoms with Crippen LogP contribution in [0.5, 0.6) is 0 Å². The number of ether oxygens (including phenoxy) is 1. The van der Waals surface area contributed by atoms with Crippen molar-refractivity contribution in [2.45, 2.75) is 38.4 Å². The first-order valence-corrected chi connectivity index (χ1v) is 10.9. The molecule has 5 nitrogen and oxygen atoms in total. The first-order valence-electron chi connectivity index (χ1n) is 9.46. The van der Waals surface area contributed by atoms with E-state index < -0.39 is 10.2 Å². The molecule has 3 rings (SSSR count). The van der Waals surface area contributed by atoms with Gasteiger partial charge in [0, 0.05) is 25.6 Å². The fourth-order valence-electron chi connectivity index (χ4n) is 3.65. The summed E-state index contributed by atoms with van der Waals surface area (Å²) in [6, 6.07) is 20.4. The van der Waals surface area contributed by atoms with Crippen LogP contribution < -0.4 is 4.72 Å². The van der Waals surface area contributed by atoms with Gasteiger partial charge in [0.2, 0.25) is 0 Å². The van der Waals surface area contributed by atoms with Gasteiger partial charge in [0.25, 0.3) is 10.2 Å². The summed E-state index contributed by atoms with van der Waals surface area (Å²) in [5, 5.41) is 0. The van der Waals surface area contributed by atoms with Crippen molar-refractivity contribution in [3.05, 3.63) is 71.8 Å². The Morgan fingerprint density at radius 1 is 0.963 bits per heavy atom. The van der Waals surface area contributed by atoms with Crippen molar-refractivity contribution < 1.29 is 13.2 Å². The van der Waals surface area contributed by atoms with Gasteiger partial charge in [0.05, 0.1) is 12.2 Å². The maximum atomic E-state index is 12.7. The summed E-state index contributed by atoms with van der Waals surface area (Å²) < 4.78 is 35.3. The van der Waals surface area contributed by atoms with Crippen LogP contribution in [0.1, 0.15) is 37.3 Å². The Morgan fingerprint density at radius 3 is 1.93 bits per heavy atom. The molecule has 1 fully saturated rings. The number of nitrogens with zero attached hydrogens (tertiary/aromatic N) is 1. The molecule has 2 aromatic carbocycles. The molecule has 0 bridgehead atoms. The molecule has 6 heteroatoms. The van der Waals surface area contributed by atoms with E-state index >= 15 is 0 Å². The predicted molar refractivity (Wildman–Crippen MR) is 108 cm³/mol. The summed E-state index contributed by atoms with van der Waals surface area (Å²) >= 11 is 0. The van der Waals surface area contributed by atoms with Crippen LogP contribution >= 0.6 is 0 Å². The molecule has 146 valence electrons. The Bertz CT molecular complexity index is 762. The molecule has 1 saturated heterocycles. The Morgan fingerprint density at radius 2 is 1.44 bits per heavy atom. The van der Waals surface area contributed by atoms with Gasteiger partial charge in [-0.2, -0.15) is 12.7 Å². The van der Waals surface area contributed by atoms with Crippen LogP contribution in [0, 0.1) is 0 Å². The Hall–Kier alpha value is -1.73. The lowest BCUT2D eigenvalue weighted by Gasteiger charge is -2.34. The largest absolute Gasteiger partial charge is 0.373 e. The summed E-state index contributed by atoms with van der Waals surface area (Å²) in [4.78, 5) is 0. The van der Waals surface area contributed by atoms with Gasteiger partial charge >= 0.3 is 0 Å². The van der Waals surface area contributed by atoms with Crippen LogP contribution in [-0.4, -0.2) is 44.6 Å². The number of nitrogens with one attached hydrogen (secondary N) is 1. The standard InChI is InChI=1S/C21H28N2O3S/c1-17-15-23(16-18(2)26-17)27(24,25)22-14-13-21(19-9-5-3-6-10-19)20-11-7-4-8-12-20/h3-12,17-18,21-22H,13-16H2,1-2H3. The molecule has 2 unspecified atom stereocenters. The van der Waals surface area contributed by atoms with E-state index in [9.17, 15) is 8.42 Å². The highest BCUT2D eigenvalue weighted by atomic mass is 32.2. The highest BCUT2D eigenvalue weighted by Gasteiger charge is 2.30. The lowest BCUT2D eigenvalue weighted by Crippen LogP contribution is -2.52. The molecule has 2 atom stereocenters. The third-order valence-electron chi connectivity index (χ3n) is 4.85. The zero-order valence-electron chi connectivity index (χ0n) is 15.9. The fraction of sp³-hybridized carbons (Fsp3) is 0.429. The zero-order chi connectivity index (χ0) is 19.3. The topological polar surface area (TPSA) is 58.6 Å². The predicted octanol–water partition coefficient (Wildman–Crippen LogP) is 3.15. The second kappa shape index (κ2) is 8.97. The molecular weight excluding hydrogens is 360 g/mol. The highest BCUT2D eigenvalue weighted by Crippen LogP contribution is 2.27. The fourth-order valence-corrected chi connectivity index (χ4v) is 5.02. The molecule has 27 heavy (non-hydrogen) atoms. The quantitative estimate of drug-likeness (QED) is 0.793. The lowest BCUT2D eigenvalue weighted by atomic mass is 9.89. The first-order chi connectivity index (χ1) is 13.0. The smallest absolute Gasteiger partial charge is 0.279 e. The van der Waals surface area contributed by atoms with Crippen LogP contribution in [0.4, 0.5) is 0 Å². The third-order valence-corrected chi connectivity index (χ3v) is 6.39. The average molecular weight is 389 g/mol. The molecule has 1 aliphatic heterocycles. The molecular formula is C21H28N2O3S. The van der Waals surface area contributed by atoms with Gasteiger partial charge < -0.3 is 4.74 Å². The van der Waals surface area contributed by atoms with E-state index in [4.69, 9.17) is 4.74 Å². The summed E-state index contributed by atoms with van der Waals surface area (Å²) in [6.07, 6.45) is 0.515. The number of benzene rings is 2. The number of morpholine rings is 1. The van der Waals surface area contributed by atoms with Crippen molar-refractivity contribution in [2.75, 3.05) is 19.6 Å². The Balaban J connectivity index is 1.67. The Labute approximate surface area is 162 Å². The van der Waals surface area contributed by atoms with Gasteiger partial charge in [0.1, 0.15) is 0 Å². The van der Waals surface area contributed by atoms with Crippen LogP contribution in [0.15, 0.2) is 60.7 Å². The molecule has 1 aliphatic rings. The monoisotopic (exact) mass is 388 g/mol. The molecule has 0 amide bonds. The van der Waals surface area contributed by atoms with Gasteiger partial charge in [-0.25, -0.2) is 4.72 Å². The minimum absolute atomic E-state index is 0.0910. The molecule has 0 radical (unpaired) electrons. The van der Waals surface area contributed by atoms with Crippen molar-refractivity contribution in [2.24, 2.45) is 0 Å². The maximum absolute atomic E-state index is 12.7. The molecule has 0 aliphatic carbocycles. The zero-order valence-corrected chi connectivity index (χ0v) is 16.7. The van der Waals surface area contributed by atoms with E-state index in [2.05, 4.69) is 29.0 Å². The lowest BCUT2D eigenvalue weighted by molar-refractivity contribution is -0.0443. The third kappa shape index (κ3) is 5.39. The average Bonchev–Trinajstić information content (AvgIpc) is 2.66. The SMILES string of the molecule is CC1CN(S(=O)(=O)NCCC(c2ccccc2)c2ccccc2)CC(C)O1. The summed E-state index contributed by atoms with van der Waals surface area (Å²) in [6.45, 7) is 4.97. The summed E-state index contributed by atoms with van der Waals surface area (Å²) in [7, 11) is -3.51. The number of hydrogen-bond acceptors (Lipinski definition) is 3. The molecule has 1 heterocycles. The molecule has 0 spiro atoms. The van der Waals surface area contributed by atoms with Crippen molar-refractivity contribution in [1.82, 2.24) is 9.03 Å². The van der Waals surface area contributed by atoms with E-state index in [0.717, 1.165) is 0 Å². The molecule has 0 aromatic heterocycles. The van der Waals surface area contributed by atoms with Crippen LogP contribution in [0.2, 0.25) is 0 Å². The van der Waals surface area contributed by atoms with Crippen molar-refractivity contribution in [1.29, 1.82) is 0 Å². The molecule has 1 N–H and O–H groups in total. The van der Waals surface area contributed by atoms with Gasteiger partial charge in [-0.05, 0) is 31.4 Å². The van der Waals surface area contributed by atoms with Crippen molar-refractivity contribution in [3.8, 4) is 0 Å². The number of rotatable bonds is 7. The van der Waals surface area contributed by atoms with Gasteiger partial charge in [0.15, 0.2) is 0 Å². The van der Waals surface area contributed by atoms with Crippen LogP contribution in [0.25, 0.3) is 0 Å². The first kappa shape index (κ1) is 20.0. The minimum atomic E-state index is -3.51. The van der Waals surface area contributed by atoms with E-state index in [1.54, 1.807) is 0 Å². The summed E-state index contributed by atoms with van der Waals surface area (Å²) in [5.41, 5.74) is 2.38. The van der Waals surface area contributed by atoms with Crippen LogP contribution in [-0.2, 0) is 14.9 Å². The van der Waals surface area contributed by atoms with Gasteiger partial charge in [-0.1, -0.05) is 60.7 Å². The molecule has 0 saturated carbocycles. The van der Waals surface area contributed by atoms with E-state index in [0.29, 0.717) is 26.1 Å². The second-order valence-electron chi connectivity index (χ2n) is 7.14. The maximum Gasteiger partial charge on any atom is 0.279 e. The Kier molecular flexibility index (Phi) is 6.65. The summed E-state index contributed by atoms with van der Waals surface area (Å²) in [5.74, 6) is 0.151. The van der Waals surface area contributed by atoms with E-state index in [1.165, 1.54) is 15.4 Å². The minimum Gasteiger partial charge on any atom is -0.373 e. The van der Waals surface area contributed by atoms with Crippen molar-refractivity contribution in [3.63, 3.8) is 0 Å². The van der Waals surface area contributed by atoms with E-state index in [1.807, 2.05) is 50.2 Å². The second-order valence-corrected chi connectivity index (χ2v) is 8.89. The molecule has 2 aromatic rings. The van der Waals surface area contributed by atoms with Gasteiger partial charge in [-0.3, -0.25) is 0 Å². The number of hydrogen-bond donors (Lipinski definition) is 1. The highest BCUT2D eigenvalue weighted by molar-refractivity contribution is 7.87. The van der Waals surface area contributed by atoms with Gasteiger partial charge in [-0.15, -0.1) is 0 Å². The normalized spacial score (nSPS) is 21.4.